The standard InChI is InChI=1S/C31H32N8O4/c1-17(2)24-23(15-14-22-25(24)28(42)33-27(22)41)32-30(43)39(21-12-10-20(11-13-21)31(3,4)5)16-18-6-8-19(9-7-18)26(40)34-29-35-37-38-36-29/h6-15,17H,16H2,1-5H3,(H,32,43)(H,33,41,42)(H2,34,35,36,37,38,40). The molecule has 12 nitrogen and oxygen atoms in total. The number of hydrogen-bond acceptors (Lipinski definition) is 7. The van der Waals surface area contributed by atoms with Gasteiger partial charge in [-0.15, -0.1) is 5.10 Å². The first-order valence-corrected chi connectivity index (χ1v) is 13.8. The molecule has 1 aromatic heterocycles. The Morgan fingerprint density at radius 2 is 1.60 bits per heavy atom. The maximum Gasteiger partial charge on any atom is 0.326 e. The SMILES string of the molecule is CC(C)c1c(NC(=O)N(Cc2ccc(C(=O)Nc3nn[nH]n3)cc2)c2ccc(C(C)(C)C)cc2)ccc2c1C(=O)NC2=O. The number of carbonyl (C=O) groups excluding carboxylic acids is 4. The highest BCUT2D eigenvalue weighted by molar-refractivity contribution is 6.23. The van der Waals surface area contributed by atoms with E-state index in [2.05, 4.69) is 57.3 Å². The minimum atomic E-state index is -0.474. The summed E-state index contributed by atoms with van der Waals surface area (Å²) >= 11 is 0. The van der Waals surface area contributed by atoms with E-state index in [9.17, 15) is 19.2 Å². The van der Waals surface area contributed by atoms with Crippen molar-refractivity contribution in [1.82, 2.24) is 25.9 Å². The molecule has 5 rings (SSSR count). The van der Waals surface area contributed by atoms with Crippen LogP contribution in [0.25, 0.3) is 0 Å². The molecule has 0 saturated heterocycles. The van der Waals surface area contributed by atoms with Crippen molar-refractivity contribution in [3.8, 4) is 0 Å². The topological polar surface area (TPSA) is 162 Å². The molecular weight excluding hydrogens is 548 g/mol. The maximum absolute atomic E-state index is 13.9. The molecule has 0 radical (unpaired) electrons. The van der Waals surface area contributed by atoms with Gasteiger partial charge in [-0.2, -0.15) is 5.21 Å². The van der Waals surface area contributed by atoms with Gasteiger partial charge in [0.15, 0.2) is 0 Å². The first-order chi connectivity index (χ1) is 20.4. The second-order valence-corrected chi connectivity index (χ2v) is 11.6. The third kappa shape index (κ3) is 6.13. The molecule has 220 valence electrons. The summed E-state index contributed by atoms with van der Waals surface area (Å²) in [4.78, 5) is 52.9. The largest absolute Gasteiger partial charge is 0.326 e. The number of nitrogens with zero attached hydrogens (tertiary/aromatic N) is 4. The predicted octanol–water partition coefficient (Wildman–Crippen LogP) is 5.00. The monoisotopic (exact) mass is 580 g/mol. The summed E-state index contributed by atoms with van der Waals surface area (Å²) in [6.45, 7) is 10.3. The Labute approximate surface area is 248 Å². The zero-order chi connectivity index (χ0) is 30.9. The van der Waals surface area contributed by atoms with Crippen molar-refractivity contribution in [3.63, 3.8) is 0 Å². The molecule has 3 aromatic carbocycles. The fourth-order valence-electron chi connectivity index (χ4n) is 4.93. The Morgan fingerprint density at radius 3 is 2.21 bits per heavy atom. The average Bonchev–Trinajstić information content (AvgIpc) is 3.58. The van der Waals surface area contributed by atoms with Crippen LogP contribution in [0.5, 0.6) is 0 Å². The Balaban J connectivity index is 1.45. The van der Waals surface area contributed by atoms with Crippen LogP contribution < -0.4 is 20.9 Å². The van der Waals surface area contributed by atoms with E-state index in [0.29, 0.717) is 28.1 Å². The lowest BCUT2D eigenvalue weighted by atomic mass is 9.87. The molecule has 0 saturated carbocycles. The van der Waals surface area contributed by atoms with Crippen molar-refractivity contribution in [2.75, 3.05) is 15.5 Å². The van der Waals surface area contributed by atoms with Crippen molar-refractivity contribution < 1.29 is 19.2 Å². The van der Waals surface area contributed by atoms with Crippen LogP contribution in [0.4, 0.5) is 22.1 Å². The summed E-state index contributed by atoms with van der Waals surface area (Å²) in [5.41, 5.74) is 4.48. The quantitative estimate of drug-likeness (QED) is 0.224. The smallest absolute Gasteiger partial charge is 0.307 e. The van der Waals surface area contributed by atoms with Gasteiger partial charge in [0.05, 0.1) is 17.7 Å². The number of aromatic amines is 1. The van der Waals surface area contributed by atoms with E-state index in [1.165, 1.54) is 0 Å². The molecule has 0 spiro atoms. The summed E-state index contributed by atoms with van der Waals surface area (Å²) in [7, 11) is 0. The van der Waals surface area contributed by atoms with Crippen LogP contribution in [-0.2, 0) is 12.0 Å². The summed E-state index contributed by atoms with van der Waals surface area (Å²) in [5, 5.41) is 21.0. The Kier molecular flexibility index (Phi) is 7.77. The van der Waals surface area contributed by atoms with Crippen LogP contribution in [0.3, 0.4) is 0 Å². The molecule has 1 aliphatic heterocycles. The lowest BCUT2D eigenvalue weighted by Crippen LogP contribution is -2.35. The Bertz CT molecular complexity index is 1690. The van der Waals surface area contributed by atoms with E-state index in [4.69, 9.17) is 0 Å². The molecule has 12 heteroatoms. The number of anilines is 3. The predicted molar refractivity (Wildman–Crippen MR) is 161 cm³/mol. The molecule has 5 amide bonds. The Hall–Kier alpha value is -5.39. The van der Waals surface area contributed by atoms with Gasteiger partial charge >= 0.3 is 6.03 Å². The number of tetrazole rings is 1. The normalized spacial score (nSPS) is 12.6. The van der Waals surface area contributed by atoms with Gasteiger partial charge < -0.3 is 5.32 Å². The third-order valence-corrected chi connectivity index (χ3v) is 7.18. The first kappa shape index (κ1) is 29.1. The first-order valence-electron chi connectivity index (χ1n) is 13.8. The van der Waals surface area contributed by atoms with Crippen molar-refractivity contribution >= 4 is 41.1 Å². The maximum atomic E-state index is 13.9. The van der Waals surface area contributed by atoms with Gasteiger partial charge in [-0.25, -0.2) is 4.79 Å². The van der Waals surface area contributed by atoms with Gasteiger partial charge in [0.25, 0.3) is 23.7 Å². The van der Waals surface area contributed by atoms with Gasteiger partial charge in [-0.05, 0) is 69.6 Å². The zero-order valence-corrected chi connectivity index (χ0v) is 24.5. The fourth-order valence-corrected chi connectivity index (χ4v) is 4.93. The Morgan fingerprint density at radius 1 is 0.907 bits per heavy atom. The summed E-state index contributed by atoms with van der Waals surface area (Å²) in [6, 6.07) is 17.4. The molecule has 0 fully saturated rings. The molecule has 0 atom stereocenters. The summed E-state index contributed by atoms with van der Waals surface area (Å²) < 4.78 is 0. The number of hydrogen-bond donors (Lipinski definition) is 4. The molecule has 0 aliphatic carbocycles. The number of nitrogens with one attached hydrogen (secondary N) is 4. The highest BCUT2D eigenvalue weighted by Crippen LogP contribution is 2.34. The number of imide groups is 1. The lowest BCUT2D eigenvalue weighted by Gasteiger charge is -2.26. The number of fused-ring (bicyclic) bond motifs is 1. The van der Waals surface area contributed by atoms with Crippen molar-refractivity contribution in [2.24, 2.45) is 0 Å². The van der Waals surface area contributed by atoms with E-state index in [-0.39, 0.29) is 29.4 Å². The fraction of sp³-hybridized carbons (Fsp3) is 0.258. The highest BCUT2D eigenvalue weighted by Gasteiger charge is 2.32. The van der Waals surface area contributed by atoms with E-state index in [1.807, 2.05) is 38.1 Å². The van der Waals surface area contributed by atoms with Crippen LogP contribution in [0.2, 0.25) is 0 Å². The molecule has 1 aliphatic rings. The van der Waals surface area contributed by atoms with Gasteiger partial charge in [-0.1, -0.05) is 64.0 Å². The third-order valence-electron chi connectivity index (χ3n) is 7.18. The van der Waals surface area contributed by atoms with Gasteiger partial charge in [0.1, 0.15) is 0 Å². The van der Waals surface area contributed by atoms with Crippen LogP contribution in [0.1, 0.15) is 88.3 Å². The van der Waals surface area contributed by atoms with Crippen LogP contribution in [0, 0.1) is 0 Å². The highest BCUT2D eigenvalue weighted by atomic mass is 16.2. The number of rotatable bonds is 7. The van der Waals surface area contributed by atoms with Crippen LogP contribution in [-0.4, -0.2) is 44.4 Å². The number of urea groups is 1. The molecule has 0 unspecified atom stereocenters. The number of amides is 5. The van der Waals surface area contributed by atoms with Gasteiger partial charge in [0.2, 0.25) is 0 Å². The molecule has 0 bridgehead atoms. The second-order valence-electron chi connectivity index (χ2n) is 11.6. The minimum absolute atomic E-state index is 0.0600. The van der Waals surface area contributed by atoms with Gasteiger partial charge in [-0.3, -0.25) is 29.9 Å². The summed E-state index contributed by atoms with van der Waals surface area (Å²) in [5.74, 6) is -1.41. The van der Waals surface area contributed by atoms with Crippen molar-refractivity contribution in [2.45, 2.75) is 52.5 Å². The second kappa shape index (κ2) is 11.5. The van der Waals surface area contributed by atoms with Crippen LogP contribution in [0.15, 0.2) is 60.7 Å². The number of aromatic nitrogens is 4. The number of H-pyrrole nitrogens is 1. The minimum Gasteiger partial charge on any atom is -0.307 e. The van der Waals surface area contributed by atoms with Crippen molar-refractivity contribution in [3.05, 3.63) is 94.0 Å². The molecule has 2 heterocycles. The van der Waals surface area contributed by atoms with Gasteiger partial charge in [0, 0.05) is 16.9 Å². The molecule has 4 N–H and O–H groups in total. The lowest BCUT2D eigenvalue weighted by molar-refractivity contribution is 0.0878. The number of benzene rings is 3. The van der Waals surface area contributed by atoms with E-state index >= 15 is 0 Å². The van der Waals surface area contributed by atoms with Crippen molar-refractivity contribution in [1.29, 1.82) is 0 Å². The molecule has 43 heavy (non-hydrogen) atoms. The summed E-state index contributed by atoms with van der Waals surface area (Å²) in [6.07, 6.45) is 0. The molecule has 4 aromatic rings. The molecular formula is C31H32N8O4. The van der Waals surface area contributed by atoms with Crippen LogP contribution >= 0.6 is 0 Å². The average molecular weight is 581 g/mol. The van der Waals surface area contributed by atoms with E-state index in [1.54, 1.807) is 41.3 Å². The van der Waals surface area contributed by atoms with E-state index < -0.39 is 23.8 Å². The zero-order valence-electron chi connectivity index (χ0n) is 24.5. The van der Waals surface area contributed by atoms with E-state index in [0.717, 1.165) is 11.1 Å². The number of carbonyl (C=O) groups is 4.